The normalized spacial score (nSPS) is 19.2. The lowest BCUT2D eigenvalue weighted by molar-refractivity contribution is 0.109. The number of hydrogen-bond acceptors (Lipinski definition) is 7. The van der Waals surface area contributed by atoms with E-state index < -0.39 is 0 Å². The first kappa shape index (κ1) is 24.7. The fraction of sp³-hybridized carbons (Fsp3) is 0.357. The first-order valence-corrected chi connectivity index (χ1v) is 12.5. The molecule has 4 aromatic rings. The molecule has 9 heteroatoms. The quantitative estimate of drug-likeness (QED) is 0.388. The second kappa shape index (κ2) is 10.1. The molecule has 4 heterocycles. The van der Waals surface area contributed by atoms with Crippen LogP contribution in [0.4, 0.5) is 10.1 Å². The van der Waals surface area contributed by atoms with E-state index >= 15 is 0 Å². The van der Waals surface area contributed by atoms with E-state index in [9.17, 15) is 14.4 Å². The van der Waals surface area contributed by atoms with Crippen molar-refractivity contribution in [2.45, 2.75) is 44.8 Å². The number of rotatable bonds is 6. The highest BCUT2D eigenvalue weighted by Crippen LogP contribution is 2.37. The summed E-state index contributed by atoms with van der Waals surface area (Å²) in [4.78, 5) is 26.7. The van der Waals surface area contributed by atoms with Crippen molar-refractivity contribution in [1.82, 2.24) is 19.4 Å². The molecular formula is C28H29FN6O2. The molecule has 0 amide bonds. The van der Waals surface area contributed by atoms with E-state index in [1.54, 1.807) is 48.2 Å². The molecule has 0 bridgehead atoms. The summed E-state index contributed by atoms with van der Waals surface area (Å²) in [5.41, 5.74) is 4.00. The minimum absolute atomic E-state index is 0.0699. The van der Waals surface area contributed by atoms with Gasteiger partial charge in [0.15, 0.2) is 6.39 Å². The van der Waals surface area contributed by atoms with Crippen LogP contribution in [-0.2, 0) is 7.05 Å². The van der Waals surface area contributed by atoms with Crippen LogP contribution in [0.25, 0.3) is 11.0 Å². The average Bonchev–Trinajstić information content (AvgIpc) is 3.46. The number of pyridine rings is 2. The van der Waals surface area contributed by atoms with Crippen LogP contribution < -0.4 is 10.5 Å². The molecule has 0 saturated carbocycles. The number of nitrogens with zero attached hydrogens (tertiary/aromatic N) is 6. The van der Waals surface area contributed by atoms with Gasteiger partial charge in [0.1, 0.15) is 35.1 Å². The number of piperazine rings is 1. The van der Waals surface area contributed by atoms with E-state index in [-0.39, 0.29) is 29.5 Å². The highest BCUT2D eigenvalue weighted by atomic mass is 19.1. The first-order chi connectivity index (χ1) is 17.9. The number of benzene rings is 1. The fourth-order valence-electron chi connectivity index (χ4n) is 5.42. The summed E-state index contributed by atoms with van der Waals surface area (Å²) in [6.45, 7) is 5.62. The van der Waals surface area contributed by atoms with Crippen molar-refractivity contribution in [2.75, 3.05) is 18.0 Å². The Hall–Kier alpha value is -4.03. The Bertz CT molecular complexity index is 1490. The highest BCUT2D eigenvalue weighted by Gasteiger charge is 2.39. The minimum atomic E-state index is -0.285. The smallest absolute Gasteiger partial charge is 0.252 e. The monoisotopic (exact) mass is 500 g/mol. The first-order valence-electron chi connectivity index (χ1n) is 12.5. The topological polar surface area (TPSA) is 91.2 Å². The number of halogens is 1. The molecule has 1 fully saturated rings. The maximum atomic E-state index is 13.8. The second-order valence-electron chi connectivity index (χ2n) is 9.44. The zero-order valence-electron chi connectivity index (χ0n) is 21.1. The molecule has 1 aliphatic heterocycles. The Balaban J connectivity index is 1.60. The van der Waals surface area contributed by atoms with E-state index in [0.29, 0.717) is 29.8 Å². The molecule has 37 heavy (non-hydrogen) atoms. The van der Waals surface area contributed by atoms with Crippen molar-refractivity contribution in [1.29, 1.82) is 5.26 Å². The average molecular weight is 501 g/mol. The van der Waals surface area contributed by atoms with Crippen molar-refractivity contribution >= 4 is 16.7 Å². The molecule has 1 unspecified atom stereocenters. The third-order valence-corrected chi connectivity index (χ3v) is 7.42. The molecule has 0 spiro atoms. The summed E-state index contributed by atoms with van der Waals surface area (Å²) in [6, 6.07) is 13.7. The maximum absolute atomic E-state index is 13.8. The molecular weight excluding hydrogens is 471 g/mol. The largest absolute Gasteiger partial charge is 0.451 e. The SMILES string of the molecule is CC[C@H]1CN(C(c2ccc(F)cc2)c2cocn2)[C@H](CC)CN1c1cc(=O)n(C)c2ccc(C#N)nc12. The van der Waals surface area contributed by atoms with Gasteiger partial charge < -0.3 is 13.9 Å². The number of aromatic nitrogens is 3. The Morgan fingerprint density at radius 2 is 1.89 bits per heavy atom. The third kappa shape index (κ3) is 4.49. The zero-order valence-corrected chi connectivity index (χ0v) is 21.1. The number of fused-ring (bicyclic) bond motifs is 1. The van der Waals surface area contributed by atoms with Gasteiger partial charge in [-0.3, -0.25) is 9.69 Å². The highest BCUT2D eigenvalue weighted by molar-refractivity contribution is 5.89. The Kier molecular flexibility index (Phi) is 6.76. The lowest BCUT2D eigenvalue weighted by Crippen LogP contribution is -2.59. The van der Waals surface area contributed by atoms with Crippen LogP contribution in [0, 0.1) is 17.1 Å². The van der Waals surface area contributed by atoms with Gasteiger partial charge in [-0.15, -0.1) is 0 Å². The number of hydrogen-bond donors (Lipinski definition) is 0. The lowest BCUT2D eigenvalue weighted by atomic mass is 9.94. The molecule has 0 aliphatic carbocycles. The van der Waals surface area contributed by atoms with Crippen molar-refractivity contribution in [2.24, 2.45) is 7.05 Å². The predicted octanol–water partition coefficient (Wildman–Crippen LogP) is 4.40. The molecule has 0 radical (unpaired) electrons. The predicted molar refractivity (Wildman–Crippen MR) is 139 cm³/mol. The van der Waals surface area contributed by atoms with Gasteiger partial charge in [-0.2, -0.15) is 5.26 Å². The van der Waals surface area contributed by atoms with Crippen LogP contribution in [0.2, 0.25) is 0 Å². The van der Waals surface area contributed by atoms with E-state index in [0.717, 1.165) is 29.8 Å². The molecule has 0 N–H and O–H groups in total. The summed E-state index contributed by atoms with van der Waals surface area (Å²) in [6.07, 6.45) is 4.75. The number of aryl methyl sites for hydroxylation is 1. The molecule has 1 saturated heterocycles. The summed E-state index contributed by atoms with van der Waals surface area (Å²) >= 11 is 0. The van der Waals surface area contributed by atoms with Crippen molar-refractivity contribution in [3.05, 3.63) is 88.2 Å². The van der Waals surface area contributed by atoms with Crippen LogP contribution in [0.1, 0.15) is 49.7 Å². The maximum Gasteiger partial charge on any atom is 0.252 e. The van der Waals surface area contributed by atoms with Gasteiger partial charge in [-0.1, -0.05) is 26.0 Å². The van der Waals surface area contributed by atoms with E-state index in [4.69, 9.17) is 4.42 Å². The standard InChI is InChI=1S/C28H29FN6O2/c1-4-21-15-35(28(23-16-37-17-31-23)18-6-8-19(29)9-7-18)22(5-2)14-34(21)25-12-26(36)33(3)24-11-10-20(13-30)32-27(24)25/h6-12,16-17,21-22,28H,4-5,14-15H2,1-3H3/t21-,22+,28?/m0/s1. The van der Waals surface area contributed by atoms with Gasteiger partial charge in [-0.05, 0) is 42.7 Å². The second-order valence-corrected chi connectivity index (χ2v) is 9.44. The number of oxazole rings is 1. The summed E-state index contributed by atoms with van der Waals surface area (Å²) in [7, 11) is 1.72. The van der Waals surface area contributed by atoms with Crippen molar-refractivity contribution in [3.8, 4) is 6.07 Å². The minimum Gasteiger partial charge on any atom is -0.451 e. The van der Waals surface area contributed by atoms with Crippen molar-refractivity contribution < 1.29 is 8.81 Å². The molecule has 3 aromatic heterocycles. The third-order valence-electron chi connectivity index (χ3n) is 7.42. The van der Waals surface area contributed by atoms with Crippen LogP contribution >= 0.6 is 0 Å². The zero-order chi connectivity index (χ0) is 26.1. The van der Waals surface area contributed by atoms with E-state index in [1.165, 1.54) is 18.5 Å². The number of nitriles is 1. The lowest BCUT2D eigenvalue weighted by Gasteiger charge is -2.49. The van der Waals surface area contributed by atoms with Gasteiger partial charge in [-0.25, -0.2) is 14.4 Å². The van der Waals surface area contributed by atoms with Crippen LogP contribution in [0.5, 0.6) is 0 Å². The summed E-state index contributed by atoms with van der Waals surface area (Å²) in [5.74, 6) is -0.285. The molecule has 5 rings (SSSR count). The van der Waals surface area contributed by atoms with Gasteiger partial charge in [0.25, 0.3) is 5.56 Å². The van der Waals surface area contributed by atoms with E-state index in [1.807, 2.05) is 0 Å². The Morgan fingerprint density at radius 3 is 2.54 bits per heavy atom. The molecule has 1 aliphatic rings. The van der Waals surface area contributed by atoms with E-state index in [2.05, 4.69) is 39.7 Å². The molecule has 190 valence electrons. The fourth-order valence-corrected chi connectivity index (χ4v) is 5.42. The molecule has 1 aromatic carbocycles. The van der Waals surface area contributed by atoms with Crippen LogP contribution in [0.3, 0.4) is 0 Å². The summed E-state index contributed by atoms with van der Waals surface area (Å²) < 4.78 is 20.7. The molecule has 3 atom stereocenters. The van der Waals surface area contributed by atoms with Gasteiger partial charge in [0.05, 0.1) is 17.2 Å². The Morgan fingerprint density at radius 1 is 1.14 bits per heavy atom. The summed E-state index contributed by atoms with van der Waals surface area (Å²) in [5, 5.41) is 9.47. The van der Waals surface area contributed by atoms with Gasteiger partial charge >= 0.3 is 0 Å². The van der Waals surface area contributed by atoms with Crippen molar-refractivity contribution in [3.63, 3.8) is 0 Å². The van der Waals surface area contributed by atoms with Gasteiger partial charge in [0.2, 0.25) is 0 Å². The Labute approximate surface area is 214 Å². The molecule has 8 nitrogen and oxygen atoms in total. The van der Waals surface area contributed by atoms with Crippen LogP contribution in [0.15, 0.2) is 64.3 Å². The van der Waals surface area contributed by atoms with Crippen LogP contribution in [-0.4, -0.2) is 44.6 Å². The number of anilines is 1. The van der Waals surface area contributed by atoms with Gasteiger partial charge in [0, 0.05) is 38.3 Å².